The van der Waals surface area contributed by atoms with Crippen LogP contribution < -0.4 is 0 Å². The van der Waals surface area contributed by atoms with Crippen molar-refractivity contribution in [2.24, 2.45) is 0 Å². The number of nitro benzene ring substituents is 1. The molecule has 0 aliphatic rings. The van der Waals surface area contributed by atoms with Gasteiger partial charge in [-0.3, -0.25) is 14.9 Å². The highest BCUT2D eigenvalue weighted by Gasteiger charge is 2.25. The summed E-state index contributed by atoms with van der Waals surface area (Å²) in [4.78, 5) is 32.0. The number of hydrogen-bond donors (Lipinski definition) is 0. The zero-order valence-electron chi connectivity index (χ0n) is 7.80. The molecule has 0 saturated heterocycles. The van der Waals surface area contributed by atoms with Crippen LogP contribution in [0.5, 0.6) is 0 Å². The zero-order chi connectivity index (χ0) is 11.4. The van der Waals surface area contributed by atoms with E-state index in [0.29, 0.717) is 0 Å². The van der Waals surface area contributed by atoms with Gasteiger partial charge in [0.05, 0.1) is 12.0 Å². The van der Waals surface area contributed by atoms with Crippen LogP contribution in [0.4, 0.5) is 5.69 Å². The zero-order valence-corrected chi connectivity index (χ0v) is 7.80. The SMILES string of the molecule is COC(=O)C(=O)c1ccccc1[N+](=O)[O-]. The molecule has 0 aliphatic carbocycles. The second-order valence-corrected chi connectivity index (χ2v) is 2.59. The van der Waals surface area contributed by atoms with Crippen molar-refractivity contribution in [1.82, 2.24) is 0 Å². The minimum Gasteiger partial charge on any atom is -0.463 e. The van der Waals surface area contributed by atoms with Crippen molar-refractivity contribution >= 4 is 17.4 Å². The number of nitrogens with zero attached hydrogens (tertiary/aromatic N) is 1. The summed E-state index contributed by atoms with van der Waals surface area (Å²) in [7, 11) is 1.04. The van der Waals surface area contributed by atoms with Gasteiger partial charge >= 0.3 is 5.97 Å². The number of esters is 1. The summed E-state index contributed by atoms with van der Waals surface area (Å²) in [5.41, 5.74) is -0.678. The van der Waals surface area contributed by atoms with E-state index in [9.17, 15) is 19.7 Å². The molecule has 0 N–H and O–H groups in total. The van der Waals surface area contributed by atoms with E-state index in [0.717, 1.165) is 13.2 Å². The third-order valence-corrected chi connectivity index (χ3v) is 1.72. The van der Waals surface area contributed by atoms with Crippen LogP contribution in [0.15, 0.2) is 24.3 Å². The fourth-order valence-electron chi connectivity index (χ4n) is 1.03. The van der Waals surface area contributed by atoms with E-state index in [-0.39, 0.29) is 5.56 Å². The number of carbonyl (C=O) groups excluding carboxylic acids is 2. The standard InChI is InChI=1S/C9H7NO5/c1-15-9(12)8(11)6-4-2-3-5-7(6)10(13)14/h2-5H,1H3. The minimum absolute atomic E-state index is 0.269. The normalized spacial score (nSPS) is 9.40. The number of ketones is 1. The summed E-state index contributed by atoms with van der Waals surface area (Å²) in [6.07, 6.45) is 0. The maximum absolute atomic E-state index is 11.3. The first-order chi connectivity index (χ1) is 7.07. The fourth-order valence-corrected chi connectivity index (χ4v) is 1.03. The molecule has 15 heavy (non-hydrogen) atoms. The molecule has 0 saturated carbocycles. The number of methoxy groups -OCH3 is 1. The molecular formula is C9H7NO5. The van der Waals surface area contributed by atoms with Crippen LogP contribution in [-0.2, 0) is 9.53 Å². The lowest BCUT2D eigenvalue weighted by atomic mass is 10.1. The number of para-hydroxylation sites is 1. The highest BCUT2D eigenvalue weighted by molar-refractivity contribution is 6.41. The average Bonchev–Trinajstić information content (AvgIpc) is 2.27. The Bertz CT molecular complexity index is 426. The molecule has 0 radical (unpaired) electrons. The summed E-state index contributed by atoms with van der Waals surface area (Å²) in [6.45, 7) is 0. The van der Waals surface area contributed by atoms with Crippen molar-refractivity contribution in [1.29, 1.82) is 0 Å². The maximum atomic E-state index is 11.3. The number of benzene rings is 1. The Balaban J connectivity index is 3.19. The lowest BCUT2D eigenvalue weighted by Crippen LogP contribution is -2.16. The largest absolute Gasteiger partial charge is 0.463 e. The van der Waals surface area contributed by atoms with Gasteiger partial charge in [0.2, 0.25) is 0 Å². The van der Waals surface area contributed by atoms with Gasteiger partial charge < -0.3 is 4.74 Å². The fraction of sp³-hybridized carbons (Fsp3) is 0.111. The van der Waals surface area contributed by atoms with Crippen molar-refractivity contribution < 1.29 is 19.2 Å². The predicted molar refractivity (Wildman–Crippen MR) is 49.4 cm³/mol. The number of ether oxygens (including phenoxy) is 1. The van der Waals surface area contributed by atoms with Crippen molar-refractivity contribution in [2.45, 2.75) is 0 Å². The molecule has 6 heteroatoms. The van der Waals surface area contributed by atoms with E-state index in [2.05, 4.69) is 4.74 Å². The van der Waals surface area contributed by atoms with Gasteiger partial charge in [-0.1, -0.05) is 12.1 Å². The summed E-state index contributed by atoms with van der Waals surface area (Å²) >= 11 is 0. The Morgan fingerprint density at radius 3 is 2.47 bits per heavy atom. The Morgan fingerprint density at radius 1 is 1.33 bits per heavy atom. The van der Waals surface area contributed by atoms with Crippen molar-refractivity contribution in [3.8, 4) is 0 Å². The van der Waals surface area contributed by atoms with Gasteiger partial charge in [0, 0.05) is 6.07 Å². The number of carbonyl (C=O) groups is 2. The van der Waals surface area contributed by atoms with E-state index in [1.54, 1.807) is 0 Å². The predicted octanol–water partition coefficient (Wildman–Crippen LogP) is 0.950. The maximum Gasteiger partial charge on any atom is 0.379 e. The third-order valence-electron chi connectivity index (χ3n) is 1.72. The molecule has 0 aliphatic heterocycles. The number of rotatable bonds is 3. The Kier molecular flexibility index (Phi) is 3.12. The first-order valence-electron chi connectivity index (χ1n) is 3.94. The molecule has 0 unspecified atom stereocenters. The molecule has 0 fully saturated rings. The molecule has 1 aromatic carbocycles. The first kappa shape index (κ1) is 10.8. The molecule has 78 valence electrons. The van der Waals surface area contributed by atoms with Gasteiger partial charge in [-0.2, -0.15) is 0 Å². The van der Waals surface area contributed by atoms with E-state index in [1.807, 2.05) is 0 Å². The van der Waals surface area contributed by atoms with Gasteiger partial charge in [-0.15, -0.1) is 0 Å². The topological polar surface area (TPSA) is 86.5 Å². The van der Waals surface area contributed by atoms with Crippen molar-refractivity contribution in [3.05, 3.63) is 39.9 Å². The summed E-state index contributed by atoms with van der Waals surface area (Å²) in [5, 5.41) is 10.5. The molecule has 6 nitrogen and oxygen atoms in total. The highest BCUT2D eigenvalue weighted by Crippen LogP contribution is 2.18. The highest BCUT2D eigenvalue weighted by atomic mass is 16.6. The molecule has 0 bridgehead atoms. The van der Waals surface area contributed by atoms with E-state index < -0.39 is 22.4 Å². The van der Waals surface area contributed by atoms with Gasteiger partial charge in [-0.25, -0.2) is 4.79 Å². The molecule has 0 aromatic heterocycles. The van der Waals surface area contributed by atoms with Gasteiger partial charge in [0.15, 0.2) is 0 Å². The van der Waals surface area contributed by atoms with E-state index >= 15 is 0 Å². The van der Waals surface area contributed by atoms with Crippen molar-refractivity contribution in [3.63, 3.8) is 0 Å². The molecule has 0 heterocycles. The van der Waals surface area contributed by atoms with Crippen LogP contribution in [-0.4, -0.2) is 23.8 Å². The lowest BCUT2D eigenvalue weighted by Gasteiger charge is -1.99. The van der Waals surface area contributed by atoms with Gasteiger partial charge in [0.1, 0.15) is 5.56 Å². The number of hydrogen-bond acceptors (Lipinski definition) is 5. The third kappa shape index (κ3) is 2.16. The Morgan fingerprint density at radius 2 is 1.93 bits per heavy atom. The van der Waals surface area contributed by atoms with Crippen LogP contribution in [0.2, 0.25) is 0 Å². The van der Waals surface area contributed by atoms with E-state index in [4.69, 9.17) is 0 Å². The molecular weight excluding hydrogens is 202 g/mol. The average molecular weight is 209 g/mol. The van der Waals surface area contributed by atoms with Crippen LogP contribution >= 0.6 is 0 Å². The second kappa shape index (κ2) is 4.32. The van der Waals surface area contributed by atoms with Crippen LogP contribution in [0.25, 0.3) is 0 Å². The van der Waals surface area contributed by atoms with Gasteiger partial charge in [-0.05, 0) is 6.07 Å². The summed E-state index contributed by atoms with van der Waals surface area (Å²) in [5.74, 6) is -2.14. The first-order valence-corrected chi connectivity index (χ1v) is 3.94. The molecule has 0 amide bonds. The molecule has 0 atom stereocenters. The second-order valence-electron chi connectivity index (χ2n) is 2.59. The number of Topliss-reactive ketones (excluding diaryl/α,β-unsaturated/α-hetero) is 1. The van der Waals surface area contributed by atoms with E-state index in [1.165, 1.54) is 18.2 Å². The molecule has 1 rings (SSSR count). The number of nitro groups is 1. The summed E-state index contributed by atoms with van der Waals surface area (Å²) in [6, 6.07) is 5.20. The van der Waals surface area contributed by atoms with Crippen LogP contribution in [0, 0.1) is 10.1 Å². The monoisotopic (exact) mass is 209 g/mol. The Hall–Kier alpha value is -2.24. The lowest BCUT2D eigenvalue weighted by molar-refractivity contribution is -0.385. The minimum atomic E-state index is -1.12. The van der Waals surface area contributed by atoms with Crippen LogP contribution in [0.1, 0.15) is 10.4 Å². The molecule has 1 aromatic rings. The van der Waals surface area contributed by atoms with Crippen molar-refractivity contribution in [2.75, 3.05) is 7.11 Å². The smallest absolute Gasteiger partial charge is 0.379 e. The quantitative estimate of drug-likeness (QED) is 0.243. The summed E-state index contributed by atoms with van der Waals surface area (Å²) < 4.78 is 4.19. The van der Waals surface area contributed by atoms with Gasteiger partial charge in [0.25, 0.3) is 11.5 Å². The van der Waals surface area contributed by atoms with Crippen LogP contribution in [0.3, 0.4) is 0 Å². The molecule has 0 spiro atoms. The Labute approximate surface area is 84.6 Å².